The lowest BCUT2D eigenvalue weighted by Crippen LogP contribution is -2.04. The van der Waals surface area contributed by atoms with Gasteiger partial charge in [-0.3, -0.25) is 14.7 Å². The lowest BCUT2D eigenvalue weighted by molar-refractivity contribution is -0.387. The van der Waals surface area contributed by atoms with Crippen molar-refractivity contribution in [2.24, 2.45) is 7.05 Å². The minimum absolute atomic E-state index is 0.397. The molecule has 0 aliphatic heterocycles. The van der Waals surface area contributed by atoms with Crippen molar-refractivity contribution in [1.29, 1.82) is 0 Å². The third-order valence-electron chi connectivity index (χ3n) is 2.51. The summed E-state index contributed by atoms with van der Waals surface area (Å²) >= 11 is 0. The van der Waals surface area contributed by atoms with E-state index in [0.717, 1.165) is 11.6 Å². The SMILES string of the molecule is Cn1c(-c2cc(F)cc([N+](=O)[O-])c2F)nnc1S(=O)(=O)Cl. The van der Waals surface area contributed by atoms with Crippen LogP contribution in [0.25, 0.3) is 11.4 Å². The van der Waals surface area contributed by atoms with Crippen LogP contribution in [0.2, 0.25) is 0 Å². The largest absolute Gasteiger partial charge is 0.308 e. The highest BCUT2D eigenvalue weighted by molar-refractivity contribution is 8.13. The molecule has 0 fully saturated rings. The molecule has 0 spiro atoms. The van der Waals surface area contributed by atoms with Crippen LogP contribution >= 0.6 is 10.7 Å². The average Bonchev–Trinajstić information content (AvgIpc) is 2.73. The van der Waals surface area contributed by atoms with Gasteiger partial charge in [-0.05, 0) is 6.07 Å². The van der Waals surface area contributed by atoms with Crippen molar-refractivity contribution in [3.05, 3.63) is 33.9 Å². The molecular weight excluding hydrogens is 334 g/mol. The average molecular weight is 339 g/mol. The van der Waals surface area contributed by atoms with Crippen molar-refractivity contribution in [2.75, 3.05) is 0 Å². The van der Waals surface area contributed by atoms with E-state index in [1.807, 2.05) is 0 Å². The number of aromatic nitrogens is 3. The van der Waals surface area contributed by atoms with Crippen LogP contribution in [0.15, 0.2) is 17.3 Å². The van der Waals surface area contributed by atoms with Crippen LogP contribution in [0, 0.1) is 21.7 Å². The van der Waals surface area contributed by atoms with Crippen molar-refractivity contribution in [3.8, 4) is 11.4 Å². The summed E-state index contributed by atoms with van der Waals surface area (Å²) in [5.41, 5.74) is -1.72. The zero-order valence-corrected chi connectivity index (χ0v) is 11.7. The summed E-state index contributed by atoms with van der Waals surface area (Å²) in [5.74, 6) is -2.87. The van der Waals surface area contributed by atoms with Gasteiger partial charge >= 0.3 is 5.69 Å². The first-order chi connectivity index (χ1) is 9.62. The fraction of sp³-hybridized carbons (Fsp3) is 0.111. The minimum Gasteiger partial charge on any atom is -0.300 e. The van der Waals surface area contributed by atoms with Crippen molar-refractivity contribution < 1.29 is 22.1 Å². The zero-order valence-electron chi connectivity index (χ0n) is 10.1. The first kappa shape index (κ1) is 15.3. The van der Waals surface area contributed by atoms with Gasteiger partial charge in [0.25, 0.3) is 14.2 Å². The number of hydrogen-bond acceptors (Lipinski definition) is 6. The number of nitro benzene ring substituents is 1. The number of rotatable bonds is 3. The molecule has 8 nitrogen and oxygen atoms in total. The topological polar surface area (TPSA) is 108 Å². The van der Waals surface area contributed by atoms with E-state index in [9.17, 15) is 27.3 Å². The molecule has 112 valence electrons. The number of halogens is 3. The quantitative estimate of drug-likeness (QED) is 0.478. The second-order valence-electron chi connectivity index (χ2n) is 3.85. The predicted octanol–water partition coefficient (Wildman–Crippen LogP) is 1.60. The summed E-state index contributed by atoms with van der Waals surface area (Å²) in [4.78, 5) is 9.53. The molecule has 2 rings (SSSR count). The Balaban J connectivity index is 2.75. The van der Waals surface area contributed by atoms with Gasteiger partial charge in [0, 0.05) is 17.7 Å². The van der Waals surface area contributed by atoms with Crippen LogP contribution in [0.5, 0.6) is 0 Å². The summed E-state index contributed by atoms with van der Waals surface area (Å²) in [6.45, 7) is 0. The van der Waals surface area contributed by atoms with Crippen LogP contribution in [0.1, 0.15) is 0 Å². The Bertz CT molecular complexity index is 852. The van der Waals surface area contributed by atoms with E-state index in [-0.39, 0.29) is 0 Å². The molecule has 1 aromatic heterocycles. The molecule has 0 unspecified atom stereocenters. The fourth-order valence-corrected chi connectivity index (χ4v) is 2.59. The molecule has 0 radical (unpaired) electrons. The molecule has 2 aromatic rings. The summed E-state index contributed by atoms with van der Waals surface area (Å²) in [7, 11) is 1.97. The van der Waals surface area contributed by atoms with Gasteiger partial charge in [0.1, 0.15) is 5.82 Å². The smallest absolute Gasteiger partial charge is 0.300 e. The summed E-state index contributed by atoms with van der Waals surface area (Å²) in [6.07, 6.45) is 0. The van der Waals surface area contributed by atoms with Gasteiger partial charge in [0.2, 0.25) is 5.82 Å². The third kappa shape index (κ3) is 2.69. The molecule has 0 amide bonds. The molecule has 0 saturated carbocycles. The molecule has 0 bridgehead atoms. The normalized spacial score (nSPS) is 11.6. The van der Waals surface area contributed by atoms with Crippen LogP contribution in [-0.4, -0.2) is 28.1 Å². The minimum atomic E-state index is -4.26. The molecule has 21 heavy (non-hydrogen) atoms. The molecule has 1 aromatic carbocycles. The highest BCUT2D eigenvalue weighted by Crippen LogP contribution is 2.30. The number of nitrogens with zero attached hydrogens (tertiary/aromatic N) is 4. The number of nitro groups is 1. The van der Waals surface area contributed by atoms with Gasteiger partial charge in [0.05, 0.1) is 16.6 Å². The molecule has 0 N–H and O–H groups in total. The Morgan fingerprint density at radius 2 is 1.95 bits per heavy atom. The Hall–Kier alpha value is -2.14. The summed E-state index contributed by atoms with van der Waals surface area (Å²) < 4.78 is 50.5. The second kappa shape index (κ2) is 5.00. The maximum absolute atomic E-state index is 14.0. The van der Waals surface area contributed by atoms with Gasteiger partial charge < -0.3 is 0 Å². The number of benzene rings is 1. The van der Waals surface area contributed by atoms with Crippen molar-refractivity contribution in [3.63, 3.8) is 0 Å². The monoisotopic (exact) mass is 338 g/mol. The molecule has 1 heterocycles. The van der Waals surface area contributed by atoms with Gasteiger partial charge in [0.15, 0.2) is 5.82 Å². The number of hydrogen-bond donors (Lipinski definition) is 0. The Morgan fingerprint density at radius 1 is 1.33 bits per heavy atom. The van der Waals surface area contributed by atoms with E-state index in [1.54, 1.807) is 0 Å². The first-order valence-corrected chi connectivity index (χ1v) is 7.41. The Morgan fingerprint density at radius 3 is 2.43 bits per heavy atom. The van der Waals surface area contributed by atoms with Gasteiger partial charge in [-0.2, -0.15) is 4.39 Å². The highest BCUT2D eigenvalue weighted by atomic mass is 35.7. The maximum atomic E-state index is 14.0. The van der Waals surface area contributed by atoms with Crippen molar-refractivity contribution >= 4 is 25.4 Å². The van der Waals surface area contributed by atoms with Gasteiger partial charge in [-0.15, -0.1) is 10.2 Å². The van der Waals surface area contributed by atoms with E-state index < -0.39 is 47.8 Å². The summed E-state index contributed by atoms with van der Waals surface area (Å²) in [6, 6.07) is 1.03. The Labute approximate surface area is 120 Å². The molecule has 0 atom stereocenters. The van der Waals surface area contributed by atoms with Crippen molar-refractivity contribution in [2.45, 2.75) is 5.16 Å². The summed E-state index contributed by atoms with van der Waals surface area (Å²) in [5, 5.41) is 16.6. The molecule has 0 saturated heterocycles. The van der Waals surface area contributed by atoms with Crippen LogP contribution < -0.4 is 0 Å². The second-order valence-corrected chi connectivity index (χ2v) is 6.31. The third-order valence-corrected chi connectivity index (χ3v) is 3.71. The van der Waals surface area contributed by atoms with Gasteiger partial charge in [-0.1, -0.05) is 0 Å². The molecule has 0 aliphatic carbocycles. The molecule has 12 heteroatoms. The van der Waals surface area contributed by atoms with Crippen LogP contribution in [-0.2, 0) is 16.1 Å². The lowest BCUT2D eigenvalue weighted by Gasteiger charge is -2.04. The van der Waals surface area contributed by atoms with Crippen LogP contribution in [0.4, 0.5) is 14.5 Å². The standard InChI is InChI=1S/C9H5ClF2N4O4S/c1-15-8(13-14-9(15)21(10,19)20)5-2-4(11)3-6(7(5)12)16(17)18/h2-3H,1H3. The Kier molecular flexibility index (Phi) is 3.63. The predicted molar refractivity (Wildman–Crippen MR) is 66.0 cm³/mol. The zero-order chi connectivity index (χ0) is 15.9. The molecule has 0 aliphatic rings. The van der Waals surface area contributed by atoms with Gasteiger partial charge in [-0.25, -0.2) is 12.8 Å². The van der Waals surface area contributed by atoms with E-state index in [0.29, 0.717) is 12.1 Å². The molecular formula is C9H5ClF2N4O4S. The van der Waals surface area contributed by atoms with E-state index in [1.165, 1.54) is 0 Å². The van der Waals surface area contributed by atoms with E-state index in [2.05, 4.69) is 10.2 Å². The lowest BCUT2D eigenvalue weighted by atomic mass is 10.1. The highest BCUT2D eigenvalue weighted by Gasteiger charge is 2.27. The first-order valence-electron chi connectivity index (χ1n) is 5.10. The maximum Gasteiger partial charge on any atom is 0.308 e. The van der Waals surface area contributed by atoms with E-state index >= 15 is 0 Å². The fourth-order valence-electron chi connectivity index (χ4n) is 1.63. The van der Waals surface area contributed by atoms with E-state index in [4.69, 9.17) is 10.7 Å². The van der Waals surface area contributed by atoms with Crippen LogP contribution in [0.3, 0.4) is 0 Å². The van der Waals surface area contributed by atoms with Crippen molar-refractivity contribution in [1.82, 2.24) is 14.8 Å².